The van der Waals surface area contributed by atoms with E-state index in [-0.39, 0.29) is 5.82 Å². The molecule has 1 aromatic carbocycles. The van der Waals surface area contributed by atoms with Crippen LogP contribution in [0.25, 0.3) is 0 Å². The van der Waals surface area contributed by atoms with Crippen molar-refractivity contribution in [2.45, 2.75) is 25.5 Å². The first kappa shape index (κ1) is 14.5. The molecule has 1 rings (SSSR count). The highest BCUT2D eigenvalue weighted by atomic mass is 32.2. The molecule has 0 saturated carbocycles. The zero-order chi connectivity index (χ0) is 12.7. The van der Waals surface area contributed by atoms with Gasteiger partial charge in [-0.05, 0) is 43.0 Å². The summed E-state index contributed by atoms with van der Waals surface area (Å²) in [5, 5.41) is 13.2. The molecule has 0 aliphatic rings. The Morgan fingerprint density at radius 2 is 2.00 bits per heavy atom. The van der Waals surface area contributed by atoms with Crippen LogP contribution in [0.1, 0.15) is 25.0 Å². The van der Waals surface area contributed by atoms with Crippen molar-refractivity contribution in [3.05, 3.63) is 35.6 Å². The summed E-state index contributed by atoms with van der Waals surface area (Å²) >= 11 is 1.82. The number of hydrogen-bond donors (Lipinski definition) is 2. The number of rotatable bonds is 7. The standard InChI is InChI=1S/C13H20FNOS/c1-10(7-8-17-2)15-9-13(16)11-3-5-12(14)6-4-11/h3-6,10,13,15-16H,7-9H2,1-2H3. The quantitative estimate of drug-likeness (QED) is 0.787. The highest BCUT2D eigenvalue weighted by Crippen LogP contribution is 2.12. The maximum Gasteiger partial charge on any atom is 0.123 e. The molecular weight excluding hydrogens is 237 g/mol. The van der Waals surface area contributed by atoms with Crippen LogP contribution in [-0.4, -0.2) is 29.7 Å². The average molecular weight is 257 g/mol. The van der Waals surface area contributed by atoms with Gasteiger partial charge in [-0.15, -0.1) is 0 Å². The van der Waals surface area contributed by atoms with E-state index in [1.165, 1.54) is 12.1 Å². The van der Waals surface area contributed by atoms with E-state index in [2.05, 4.69) is 18.5 Å². The van der Waals surface area contributed by atoms with E-state index in [0.29, 0.717) is 12.6 Å². The van der Waals surface area contributed by atoms with Gasteiger partial charge < -0.3 is 10.4 Å². The summed E-state index contributed by atoms with van der Waals surface area (Å²) in [6.07, 6.45) is 2.59. The highest BCUT2D eigenvalue weighted by molar-refractivity contribution is 7.98. The van der Waals surface area contributed by atoms with Gasteiger partial charge in [0.2, 0.25) is 0 Å². The largest absolute Gasteiger partial charge is 0.387 e. The molecule has 0 heterocycles. The van der Waals surface area contributed by atoms with Gasteiger partial charge in [0, 0.05) is 12.6 Å². The van der Waals surface area contributed by atoms with Crippen LogP contribution in [0.5, 0.6) is 0 Å². The number of hydrogen-bond acceptors (Lipinski definition) is 3. The summed E-state index contributed by atoms with van der Waals surface area (Å²) in [7, 11) is 0. The SMILES string of the molecule is CSCCC(C)NCC(O)c1ccc(F)cc1. The van der Waals surface area contributed by atoms with E-state index < -0.39 is 6.10 Å². The summed E-state index contributed by atoms with van der Waals surface area (Å²) in [6.45, 7) is 2.61. The van der Waals surface area contributed by atoms with Gasteiger partial charge in [0.05, 0.1) is 6.10 Å². The maximum absolute atomic E-state index is 12.7. The molecule has 4 heteroatoms. The van der Waals surface area contributed by atoms with Crippen molar-refractivity contribution >= 4 is 11.8 Å². The molecule has 2 atom stereocenters. The first-order valence-corrected chi connectivity index (χ1v) is 7.18. The number of nitrogens with one attached hydrogen (secondary N) is 1. The molecular formula is C13H20FNOS. The van der Waals surface area contributed by atoms with Crippen molar-refractivity contribution in [2.24, 2.45) is 0 Å². The molecule has 96 valence electrons. The Balaban J connectivity index is 2.34. The Morgan fingerprint density at radius 3 is 2.59 bits per heavy atom. The molecule has 0 aliphatic carbocycles. The Bertz CT molecular complexity index is 318. The Kier molecular flexibility index (Phi) is 6.55. The van der Waals surface area contributed by atoms with Gasteiger partial charge in [0.15, 0.2) is 0 Å². The van der Waals surface area contributed by atoms with Crippen molar-refractivity contribution in [1.29, 1.82) is 0 Å². The predicted octanol–water partition coefficient (Wildman–Crippen LogP) is 2.59. The van der Waals surface area contributed by atoms with E-state index in [4.69, 9.17) is 0 Å². The minimum absolute atomic E-state index is 0.276. The van der Waals surface area contributed by atoms with Gasteiger partial charge in [-0.3, -0.25) is 0 Å². The van der Waals surface area contributed by atoms with E-state index in [1.807, 2.05) is 11.8 Å². The normalized spacial score (nSPS) is 14.6. The van der Waals surface area contributed by atoms with Gasteiger partial charge >= 0.3 is 0 Å². The molecule has 0 fully saturated rings. The monoisotopic (exact) mass is 257 g/mol. The molecule has 0 aromatic heterocycles. The minimum atomic E-state index is -0.577. The smallest absolute Gasteiger partial charge is 0.123 e. The van der Waals surface area contributed by atoms with Crippen LogP contribution < -0.4 is 5.32 Å². The molecule has 0 spiro atoms. The molecule has 0 bridgehead atoms. The van der Waals surface area contributed by atoms with Crippen molar-refractivity contribution in [2.75, 3.05) is 18.6 Å². The molecule has 2 nitrogen and oxygen atoms in total. The molecule has 0 aliphatic heterocycles. The Labute approximate surface area is 107 Å². The van der Waals surface area contributed by atoms with Gasteiger partial charge in [-0.25, -0.2) is 4.39 Å². The van der Waals surface area contributed by atoms with E-state index in [0.717, 1.165) is 17.7 Å². The first-order valence-electron chi connectivity index (χ1n) is 5.79. The summed E-state index contributed by atoms with van der Waals surface area (Å²) in [5.41, 5.74) is 0.746. The Hall–Kier alpha value is -0.580. The Morgan fingerprint density at radius 1 is 1.35 bits per heavy atom. The van der Waals surface area contributed by atoms with Crippen LogP contribution >= 0.6 is 11.8 Å². The molecule has 2 unspecified atom stereocenters. The fourth-order valence-corrected chi connectivity index (χ4v) is 2.10. The lowest BCUT2D eigenvalue weighted by atomic mass is 10.1. The zero-order valence-electron chi connectivity index (χ0n) is 10.3. The van der Waals surface area contributed by atoms with Crippen molar-refractivity contribution in [1.82, 2.24) is 5.32 Å². The second kappa shape index (κ2) is 7.69. The molecule has 0 radical (unpaired) electrons. The fraction of sp³-hybridized carbons (Fsp3) is 0.538. The molecule has 2 N–H and O–H groups in total. The zero-order valence-corrected chi connectivity index (χ0v) is 11.1. The van der Waals surface area contributed by atoms with Crippen molar-refractivity contribution in [3.8, 4) is 0 Å². The fourth-order valence-electron chi connectivity index (χ4n) is 1.51. The third-order valence-corrected chi connectivity index (χ3v) is 3.31. The van der Waals surface area contributed by atoms with Gasteiger partial charge in [-0.1, -0.05) is 12.1 Å². The molecule has 0 saturated heterocycles. The second-order valence-electron chi connectivity index (χ2n) is 4.16. The second-order valence-corrected chi connectivity index (χ2v) is 5.14. The third-order valence-electron chi connectivity index (χ3n) is 2.67. The van der Waals surface area contributed by atoms with Crippen LogP contribution in [-0.2, 0) is 0 Å². The maximum atomic E-state index is 12.7. The van der Waals surface area contributed by atoms with E-state index in [1.54, 1.807) is 12.1 Å². The van der Waals surface area contributed by atoms with E-state index >= 15 is 0 Å². The summed E-state index contributed by atoms with van der Waals surface area (Å²) in [4.78, 5) is 0. The number of aliphatic hydroxyl groups excluding tert-OH is 1. The summed E-state index contributed by atoms with van der Waals surface area (Å²) in [6, 6.07) is 6.37. The predicted molar refractivity (Wildman–Crippen MR) is 71.8 cm³/mol. The number of halogens is 1. The third kappa shape index (κ3) is 5.52. The molecule has 17 heavy (non-hydrogen) atoms. The van der Waals surface area contributed by atoms with Crippen LogP contribution in [0.4, 0.5) is 4.39 Å². The number of benzene rings is 1. The van der Waals surface area contributed by atoms with Crippen LogP contribution in [0.3, 0.4) is 0 Å². The topological polar surface area (TPSA) is 32.3 Å². The summed E-state index contributed by atoms with van der Waals surface area (Å²) in [5.74, 6) is 0.836. The van der Waals surface area contributed by atoms with Crippen LogP contribution in [0.15, 0.2) is 24.3 Å². The number of thioether (sulfide) groups is 1. The van der Waals surface area contributed by atoms with Crippen LogP contribution in [0.2, 0.25) is 0 Å². The highest BCUT2D eigenvalue weighted by Gasteiger charge is 2.09. The lowest BCUT2D eigenvalue weighted by molar-refractivity contribution is 0.170. The van der Waals surface area contributed by atoms with Gasteiger partial charge in [0.1, 0.15) is 5.82 Å². The van der Waals surface area contributed by atoms with Crippen LogP contribution in [0, 0.1) is 5.82 Å². The van der Waals surface area contributed by atoms with Crippen molar-refractivity contribution < 1.29 is 9.50 Å². The van der Waals surface area contributed by atoms with Crippen molar-refractivity contribution in [3.63, 3.8) is 0 Å². The van der Waals surface area contributed by atoms with E-state index in [9.17, 15) is 9.50 Å². The lowest BCUT2D eigenvalue weighted by Gasteiger charge is -2.17. The molecule has 0 amide bonds. The molecule has 1 aromatic rings. The average Bonchev–Trinajstić information content (AvgIpc) is 2.34. The first-order chi connectivity index (χ1) is 8.13. The number of aliphatic hydroxyl groups is 1. The minimum Gasteiger partial charge on any atom is -0.387 e. The van der Waals surface area contributed by atoms with Gasteiger partial charge in [-0.2, -0.15) is 11.8 Å². The lowest BCUT2D eigenvalue weighted by Crippen LogP contribution is -2.30. The summed E-state index contributed by atoms with van der Waals surface area (Å²) < 4.78 is 12.7. The van der Waals surface area contributed by atoms with Gasteiger partial charge in [0.25, 0.3) is 0 Å².